The first-order valence-electron chi connectivity index (χ1n) is 8.99. The number of fused-ring (bicyclic) bond motifs is 1. The third-order valence-corrected chi connectivity index (χ3v) is 5.79. The molecule has 4 rings (SSSR count). The average Bonchev–Trinajstić information content (AvgIpc) is 3.39. The number of hydrogen-bond donors (Lipinski definition) is 1. The largest absolute Gasteiger partial charge is 0.343 e. The molecule has 2 aromatic heterocycles. The molecule has 0 radical (unpaired) electrons. The highest BCUT2D eigenvalue weighted by Crippen LogP contribution is 2.25. The molecule has 0 saturated carbocycles. The fraction of sp³-hybridized carbons (Fsp3) is 0.250. The summed E-state index contributed by atoms with van der Waals surface area (Å²) in [6.07, 6.45) is 5.23. The van der Waals surface area contributed by atoms with Crippen LogP contribution in [0.15, 0.2) is 42.9 Å². The van der Waals surface area contributed by atoms with Crippen molar-refractivity contribution in [3.8, 4) is 17.2 Å². The summed E-state index contributed by atoms with van der Waals surface area (Å²) in [5, 5.41) is 16.7. The van der Waals surface area contributed by atoms with Crippen molar-refractivity contribution >= 4 is 34.5 Å². The van der Waals surface area contributed by atoms with Crippen molar-refractivity contribution in [3.05, 3.63) is 48.4 Å². The number of aromatic nitrogens is 3. The molecule has 0 bridgehead atoms. The van der Waals surface area contributed by atoms with Crippen LogP contribution in [-0.2, 0) is 11.8 Å². The van der Waals surface area contributed by atoms with Crippen LogP contribution in [0.4, 0.5) is 0 Å². The van der Waals surface area contributed by atoms with Crippen molar-refractivity contribution in [1.82, 2.24) is 25.0 Å². The summed E-state index contributed by atoms with van der Waals surface area (Å²) < 4.78 is 1.72. The van der Waals surface area contributed by atoms with Gasteiger partial charge in [-0.25, -0.2) is 0 Å². The molecule has 3 aromatic rings. The Kier molecular flexibility index (Phi) is 5.18. The molecule has 8 nitrogen and oxygen atoms in total. The lowest BCUT2D eigenvalue weighted by atomic mass is 10.0. The van der Waals surface area contributed by atoms with E-state index in [1.165, 1.54) is 16.7 Å². The SMILES string of the molecule is Cn1cc(-c2ccc3nccc(C(=O)NCC(=O)N4CSC[C@H]4C#N)c3c2)cn1. The zero-order valence-corrected chi connectivity index (χ0v) is 16.5. The first-order valence-corrected chi connectivity index (χ1v) is 10.1. The van der Waals surface area contributed by atoms with Crippen LogP contribution < -0.4 is 5.32 Å². The van der Waals surface area contributed by atoms with Gasteiger partial charge in [-0.15, -0.1) is 11.8 Å². The lowest BCUT2D eigenvalue weighted by Gasteiger charge is -2.18. The smallest absolute Gasteiger partial charge is 0.252 e. The van der Waals surface area contributed by atoms with Gasteiger partial charge in [-0.05, 0) is 23.8 Å². The molecule has 9 heteroatoms. The number of hydrogen-bond acceptors (Lipinski definition) is 6. The molecule has 1 aromatic carbocycles. The number of benzene rings is 1. The van der Waals surface area contributed by atoms with Gasteiger partial charge in [-0.3, -0.25) is 19.3 Å². The normalized spacial score (nSPS) is 16.0. The monoisotopic (exact) mass is 406 g/mol. The molecule has 1 fully saturated rings. The number of pyridine rings is 1. The zero-order valence-electron chi connectivity index (χ0n) is 15.7. The molecule has 146 valence electrons. The van der Waals surface area contributed by atoms with E-state index in [0.29, 0.717) is 28.1 Å². The molecule has 1 saturated heterocycles. The van der Waals surface area contributed by atoms with Crippen molar-refractivity contribution in [3.63, 3.8) is 0 Å². The summed E-state index contributed by atoms with van der Waals surface area (Å²) in [4.78, 5) is 31.0. The van der Waals surface area contributed by atoms with E-state index < -0.39 is 6.04 Å². The van der Waals surface area contributed by atoms with Gasteiger partial charge in [-0.2, -0.15) is 10.4 Å². The summed E-state index contributed by atoms with van der Waals surface area (Å²) in [5.41, 5.74) is 3.00. The molecule has 3 heterocycles. The summed E-state index contributed by atoms with van der Waals surface area (Å²) in [6.45, 7) is -0.149. The number of thioether (sulfide) groups is 1. The van der Waals surface area contributed by atoms with E-state index in [1.54, 1.807) is 23.1 Å². The topological polar surface area (TPSA) is 104 Å². The lowest BCUT2D eigenvalue weighted by Crippen LogP contribution is -2.42. The van der Waals surface area contributed by atoms with Crippen LogP contribution in [0.5, 0.6) is 0 Å². The summed E-state index contributed by atoms with van der Waals surface area (Å²) >= 11 is 1.53. The highest BCUT2D eigenvalue weighted by atomic mass is 32.2. The van der Waals surface area contributed by atoms with Crippen LogP contribution in [-0.4, -0.2) is 55.7 Å². The molecule has 2 amide bonds. The standard InChI is InChI=1S/C20H18N6O2S/c1-25-10-14(8-24-25)13-2-3-18-17(6-13)16(4-5-22-18)20(28)23-9-19(27)26-12-29-11-15(26)7-21/h2-6,8,10,15H,9,11-12H2,1H3,(H,23,28)/t15-/m1/s1. The number of nitriles is 1. The predicted molar refractivity (Wildman–Crippen MR) is 110 cm³/mol. The second-order valence-corrected chi connectivity index (χ2v) is 7.68. The minimum Gasteiger partial charge on any atom is -0.343 e. The average molecular weight is 406 g/mol. The van der Waals surface area contributed by atoms with Gasteiger partial charge in [-0.1, -0.05) is 6.07 Å². The number of nitrogens with one attached hydrogen (secondary N) is 1. The number of aryl methyl sites for hydroxylation is 1. The molecular formula is C20H18N6O2S. The highest BCUT2D eigenvalue weighted by molar-refractivity contribution is 7.99. The van der Waals surface area contributed by atoms with Crippen LogP contribution in [0.3, 0.4) is 0 Å². The van der Waals surface area contributed by atoms with Crippen LogP contribution in [0, 0.1) is 11.3 Å². The minimum atomic E-state index is -0.437. The molecule has 1 atom stereocenters. The number of amides is 2. The number of carbonyl (C=O) groups is 2. The minimum absolute atomic E-state index is 0.149. The summed E-state index contributed by atoms with van der Waals surface area (Å²) in [7, 11) is 1.84. The molecule has 0 spiro atoms. The summed E-state index contributed by atoms with van der Waals surface area (Å²) in [6, 6.07) is 9.02. The second-order valence-electron chi connectivity index (χ2n) is 6.68. The van der Waals surface area contributed by atoms with Crippen LogP contribution in [0.2, 0.25) is 0 Å². The molecule has 1 aliphatic rings. The molecule has 1 aliphatic heterocycles. The Morgan fingerprint density at radius 2 is 2.21 bits per heavy atom. The van der Waals surface area contributed by atoms with Crippen molar-refractivity contribution in [2.45, 2.75) is 6.04 Å². The molecule has 0 aliphatic carbocycles. The molecular weight excluding hydrogens is 388 g/mol. The Morgan fingerprint density at radius 3 is 2.97 bits per heavy atom. The van der Waals surface area contributed by atoms with E-state index in [4.69, 9.17) is 5.26 Å². The molecule has 1 N–H and O–H groups in total. The van der Waals surface area contributed by atoms with E-state index in [0.717, 1.165) is 11.1 Å². The van der Waals surface area contributed by atoms with E-state index in [-0.39, 0.29) is 18.4 Å². The van der Waals surface area contributed by atoms with Gasteiger partial charge in [0.2, 0.25) is 5.91 Å². The Labute approximate surface area is 171 Å². The van der Waals surface area contributed by atoms with Crippen molar-refractivity contribution in [2.24, 2.45) is 7.05 Å². The third-order valence-electron chi connectivity index (χ3n) is 4.78. The van der Waals surface area contributed by atoms with Crippen LogP contribution in [0.25, 0.3) is 22.0 Å². The van der Waals surface area contributed by atoms with E-state index in [9.17, 15) is 9.59 Å². The third kappa shape index (κ3) is 3.79. The first kappa shape index (κ1) is 19.0. The lowest BCUT2D eigenvalue weighted by molar-refractivity contribution is -0.129. The van der Waals surface area contributed by atoms with E-state index in [1.807, 2.05) is 31.4 Å². The summed E-state index contributed by atoms with van der Waals surface area (Å²) in [5.74, 6) is 0.459. The fourth-order valence-electron chi connectivity index (χ4n) is 3.24. The predicted octanol–water partition coefficient (Wildman–Crippen LogP) is 1.79. The fourth-order valence-corrected chi connectivity index (χ4v) is 4.35. The van der Waals surface area contributed by atoms with Crippen molar-refractivity contribution in [1.29, 1.82) is 5.26 Å². The Bertz CT molecular complexity index is 1140. The molecule has 29 heavy (non-hydrogen) atoms. The van der Waals surface area contributed by atoms with E-state index in [2.05, 4.69) is 21.5 Å². The maximum atomic E-state index is 12.8. The number of carbonyl (C=O) groups excluding carboxylic acids is 2. The Hall–Kier alpha value is -3.38. The Morgan fingerprint density at radius 1 is 1.34 bits per heavy atom. The van der Waals surface area contributed by atoms with Gasteiger partial charge >= 0.3 is 0 Å². The maximum absolute atomic E-state index is 12.8. The second kappa shape index (κ2) is 7.93. The van der Waals surface area contributed by atoms with Crippen LogP contribution in [0.1, 0.15) is 10.4 Å². The zero-order chi connectivity index (χ0) is 20.4. The van der Waals surface area contributed by atoms with Crippen molar-refractivity contribution < 1.29 is 9.59 Å². The van der Waals surface area contributed by atoms with Gasteiger partial charge < -0.3 is 10.2 Å². The quantitative estimate of drug-likeness (QED) is 0.708. The van der Waals surface area contributed by atoms with Crippen LogP contribution >= 0.6 is 11.8 Å². The Balaban J connectivity index is 1.55. The van der Waals surface area contributed by atoms with Gasteiger partial charge in [0.1, 0.15) is 6.04 Å². The highest BCUT2D eigenvalue weighted by Gasteiger charge is 2.29. The van der Waals surface area contributed by atoms with Gasteiger partial charge in [0.05, 0.1) is 35.8 Å². The van der Waals surface area contributed by atoms with Gasteiger partial charge in [0.15, 0.2) is 0 Å². The molecule has 0 unspecified atom stereocenters. The van der Waals surface area contributed by atoms with Gasteiger partial charge in [0, 0.05) is 36.1 Å². The number of rotatable bonds is 4. The number of nitrogens with zero attached hydrogens (tertiary/aromatic N) is 5. The maximum Gasteiger partial charge on any atom is 0.252 e. The van der Waals surface area contributed by atoms with Crippen molar-refractivity contribution in [2.75, 3.05) is 18.2 Å². The van der Waals surface area contributed by atoms with E-state index >= 15 is 0 Å². The van der Waals surface area contributed by atoms with Gasteiger partial charge in [0.25, 0.3) is 5.91 Å². The first-order chi connectivity index (χ1) is 14.1.